The van der Waals surface area contributed by atoms with Gasteiger partial charge in [0.2, 0.25) is 0 Å². The van der Waals surface area contributed by atoms with Crippen LogP contribution in [0.4, 0.5) is 0 Å². The monoisotopic (exact) mass is 305 g/mol. The first-order valence-electron chi connectivity index (χ1n) is 7.10. The second-order valence-electron chi connectivity index (χ2n) is 4.82. The highest BCUT2D eigenvalue weighted by Gasteiger charge is 2.07. The molecule has 0 aliphatic carbocycles. The molecule has 0 radical (unpaired) electrons. The Morgan fingerprint density at radius 2 is 1.96 bits per heavy atom. The number of carbonyl (C=O) groups excluding carboxylic acids is 1. The lowest BCUT2D eigenvalue weighted by Crippen LogP contribution is -2.18. The number of hydrogen-bond donors (Lipinski definition) is 1. The largest absolute Gasteiger partial charge is 0.496 e. The number of aromatic nitrogens is 1. The van der Waals surface area contributed by atoms with Gasteiger partial charge in [-0.3, -0.25) is 9.78 Å². The maximum absolute atomic E-state index is 11.9. The number of hydrogen-bond acceptors (Lipinski definition) is 4. The summed E-state index contributed by atoms with van der Waals surface area (Å²) < 4.78 is 5.38. The molecule has 0 saturated heterocycles. The van der Waals surface area contributed by atoms with Crippen LogP contribution in [0.1, 0.15) is 16.1 Å². The van der Waals surface area contributed by atoms with Crippen molar-refractivity contribution in [2.24, 2.45) is 5.10 Å². The van der Waals surface area contributed by atoms with Gasteiger partial charge in [-0.1, -0.05) is 36.4 Å². The minimum Gasteiger partial charge on any atom is -0.496 e. The van der Waals surface area contributed by atoms with Crippen LogP contribution in [0.5, 0.6) is 5.75 Å². The fourth-order valence-corrected chi connectivity index (χ4v) is 2.30. The Hall–Kier alpha value is -3.21. The summed E-state index contributed by atoms with van der Waals surface area (Å²) in [6.07, 6.45) is 3.15. The smallest absolute Gasteiger partial charge is 0.289 e. The third-order valence-electron chi connectivity index (χ3n) is 3.41. The molecule has 0 atom stereocenters. The number of benzene rings is 2. The molecule has 114 valence electrons. The Kier molecular flexibility index (Phi) is 4.29. The zero-order valence-corrected chi connectivity index (χ0v) is 12.6. The molecule has 2 aromatic carbocycles. The van der Waals surface area contributed by atoms with Crippen molar-refractivity contribution in [1.82, 2.24) is 10.4 Å². The molecule has 1 N–H and O–H groups in total. The molecule has 0 aliphatic heterocycles. The third-order valence-corrected chi connectivity index (χ3v) is 3.41. The molecular weight excluding hydrogens is 290 g/mol. The lowest BCUT2D eigenvalue weighted by molar-refractivity contribution is 0.0950. The fraction of sp³-hybridized carbons (Fsp3) is 0.0556. The van der Waals surface area contributed by atoms with E-state index in [9.17, 15) is 4.79 Å². The van der Waals surface area contributed by atoms with Crippen molar-refractivity contribution in [2.75, 3.05) is 7.11 Å². The second-order valence-corrected chi connectivity index (χ2v) is 4.82. The average Bonchev–Trinajstić information content (AvgIpc) is 2.62. The summed E-state index contributed by atoms with van der Waals surface area (Å²) in [4.78, 5) is 15.9. The quantitative estimate of drug-likeness (QED) is 0.595. The Morgan fingerprint density at radius 3 is 2.74 bits per heavy atom. The molecule has 0 aliphatic rings. The summed E-state index contributed by atoms with van der Waals surface area (Å²) in [5.74, 6) is 0.334. The van der Waals surface area contributed by atoms with Crippen molar-refractivity contribution in [1.29, 1.82) is 0 Å². The molecule has 0 unspecified atom stereocenters. The number of methoxy groups -OCH3 is 1. The van der Waals surface area contributed by atoms with Gasteiger partial charge in [0.1, 0.15) is 11.4 Å². The van der Waals surface area contributed by atoms with E-state index in [-0.39, 0.29) is 5.91 Å². The second kappa shape index (κ2) is 6.70. The summed E-state index contributed by atoms with van der Waals surface area (Å²) in [5, 5.41) is 6.11. The molecule has 0 bridgehead atoms. The number of carbonyl (C=O) groups is 1. The molecule has 1 amide bonds. The summed E-state index contributed by atoms with van der Waals surface area (Å²) in [6, 6.07) is 16.9. The lowest BCUT2D eigenvalue weighted by atomic mass is 10.0. The van der Waals surface area contributed by atoms with Crippen LogP contribution >= 0.6 is 0 Å². The number of pyridine rings is 1. The highest BCUT2D eigenvalue weighted by Crippen LogP contribution is 2.26. The molecule has 1 aromatic heterocycles. The highest BCUT2D eigenvalue weighted by atomic mass is 16.5. The zero-order valence-electron chi connectivity index (χ0n) is 12.6. The predicted molar refractivity (Wildman–Crippen MR) is 89.8 cm³/mol. The van der Waals surface area contributed by atoms with Gasteiger partial charge in [-0.25, -0.2) is 5.43 Å². The molecule has 3 aromatic rings. The van der Waals surface area contributed by atoms with Crippen molar-refractivity contribution in [3.8, 4) is 5.75 Å². The minimum absolute atomic E-state index is 0.314. The first-order chi connectivity index (χ1) is 11.3. The Balaban J connectivity index is 1.87. The normalized spacial score (nSPS) is 10.8. The first kappa shape index (κ1) is 14.7. The average molecular weight is 305 g/mol. The van der Waals surface area contributed by atoms with Gasteiger partial charge in [0.15, 0.2) is 0 Å². The predicted octanol–water partition coefficient (Wildman–Crippen LogP) is 3.01. The Labute approximate surface area is 133 Å². The van der Waals surface area contributed by atoms with E-state index in [0.717, 1.165) is 16.3 Å². The van der Waals surface area contributed by atoms with E-state index in [2.05, 4.69) is 15.5 Å². The number of nitrogens with one attached hydrogen (secondary N) is 1. The lowest BCUT2D eigenvalue weighted by Gasteiger charge is -2.08. The molecule has 1 heterocycles. The summed E-state index contributed by atoms with van der Waals surface area (Å²) in [7, 11) is 1.61. The molecule has 23 heavy (non-hydrogen) atoms. The van der Waals surface area contributed by atoms with E-state index in [0.29, 0.717) is 11.4 Å². The number of amides is 1. The third kappa shape index (κ3) is 3.18. The van der Waals surface area contributed by atoms with Gasteiger partial charge in [-0.15, -0.1) is 0 Å². The Morgan fingerprint density at radius 1 is 1.13 bits per heavy atom. The van der Waals surface area contributed by atoms with Gasteiger partial charge in [0.05, 0.1) is 13.3 Å². The van der Waals surface area contributed by atoms with Crippen molar-refractivity contribution >= 4 is 22.9 Å². The van der Waals surface area contributed by atoms with E-state index in [1.54, 1.807) is 37.7 Å². The first-order valence-corrected chi connectivity index (χ1v) is 7.10. The fourth-order valence-electron chi connectivity index (χ4n) is 2.30. The van der Waals surface area contributed by atoms with Crippen LogP contribution in [0.2, 0.25) is 0 Å². The summed E-state index contributed by atoms with van der Waals surface area (Å²) in [6.45, 7) is 0. The van der Waals surface area contributed by atoms with Crippen molar-refractivity contribution in [2.45, 2.75) is 0 Å². The summed E-state index contributed by atoms with van der Waals surface area (Å²) in [5.41, 5.74) is 3.60. The minimum atomic E-state index is -0.360. The van der Waals surface area contributed by atoms with E-state index < -0.39 is 0 Å². The molecule has 0 spiro atoms. The van der Waals surface area contributed by atoms with E-state index in [1.807, 2.05) is 36.4 Å². The van der Waals surface area contributed by atoms with Gasteiger partial charge in [0.25, 0.3) is 5.91 Å². The standard InChI is InChI=1S/C18H15N3O2/c1-23-17-10-9-13-6-2-3-7-14(13)15(17)12-20-21-18(22)16-8-4-5-11-19-16/h2-12H,1H3,(H,21,22). The van der Waals surface area contributed by atoms with E-state index in [1.165, 1.54) is 0 Å². The van der Waals surface area contributed by atoms with Crippen molar-refractivity contribution in [3.63, 3.8) is 0 Å². The summed E-state index contributed by atoms with van der Waals surface area (Å²) >= 11 is 0. The number of hydrazone groups is 1. The number of nitrogens with zero attached hydrogens (tertiary/aromatic N) is 2. The topological polar surface area (TPSA) is 63.6 Å². The maximum atomic E-state index is 11.9. The van der Waals surface area contributed by atoms with Crippen molar-refractivity contribution < 1.29 is 9.53 Å². The van der Waals surface area contributed by atoms with Gasteiger partial charge in [0, 0.05) is 11.8 Å². The van der Waals surface area contributed by atoms with E-state index in [4.69, 9.17) is 4.74 Å². The van der Waals surface area contributed by atoms with Gasteiger partial charge < -0.3 is 4.74 Å². The number of fused-ring (bicyclic) bond motifs is 1. The van der Waals surface area contributed by atoms with Crippen LogP contribution in [0.3, 0.4) is 0 Å². The molecule has 0 fully saturated rings. The molecule has 5 nitrogen and oxygen atoms in total. The molecule has 5 heteroatoms. The zero-order chi connectivity index (χ0) is 16.1. The van der Waals surface area contributed by atoms with Gasteiger partial charge >= 0.3 is 0 Å². The number of ether oxygens (including phenoxy) is 1. The molecular formula is C18H15N3O2. The van der Waals surface area contributed by atoms with Crippen LogP contribution in [0.15, 0.2) is 65.9 Å². The van der Waals surface area contributed by atoms with E-state index >= 15 is 0 Å². The SMILES string of the molecule is COc1ccc2ccccc2c1C=NNC(=O)c1ccccn1. The van der Waals surface area contributed by atoms with Crippen LogP contribution < -0.4 is 10.2 Å². The van der Waals surface area contributed by atoms with Crippen LogP contribution in [-0.2, 0) is 0 Å². The number of rotatable bonds is 4. The van der Waals surface area contributed by atoms with Crippen LogP contribution in [0, 0.1) is 0 Å². The highest BCUT2D eigenvalue weighted by molar-refractivity contribution is 6.03. The van der Waals surface area contributed by atoms with Crippen LogP contribution in [-0.4, -0.2) is 24.2 Å². The van der Waals surface area contributed by atoms with Gasteiger partial charge in [-0.05, 0) is 29.0 Å². The van der Waals surface area contributed by atoms with Gasteiger partial charge in [-0.2, -0.15) is 5.10 Å². The Bertz CT molecular complexity index is 861. The van der Waals surface area contributed by atoms with Crippen molar-refractivity contribution in [3.05, 3.63) is 72.1 Å². The molecule has 0 saturated carbocycles. The van der Waals surface area contributed by atoms with Crippen LogP contribution in [0.25, 0.3) is 10.8 Å². The molecule has 3 rings (SSSR count). The maximum Gasteiger partial charge on any atom is 0.289 e.